The minimum absolute atomic E-state index is 0.0254. The van der Waals surface area contributed by atoms with Gasteiger partial charge in [-0.25, -0.2) is 0 Å². The molecule has 1 heterocycles. The second-order valence-corrected chi connectivity index (χ2v) is 7.16. The number of alkyl halides is 3. The van der Waals surface area contributed by atoms with Crippen LogP contribution in [-0.2, 0) is 12.8 Å². The maximum absolute atomic E-state index is 13.7. The van der Waals surface area contributed by atoms with E-state index in [4.69, 9.17) is 23.4 Å². The molecular formula is C25H19F3O6. The summed E-state index contributed by atoms with van der Waals surface area (Å²) >= 11 is 0. The van der Waals surface area contributed by atoms with Gasteiger partial charge >= 0.3 is 6.18 Å². The lowest BCUT2D eigenvalue weighted by Gasteiger charge is -2.14. The Bertz CT molecular complexity index is 1340. The second kappa shape index (κ2) is 9.38. The van der Waals surface area contributed by atoms with Gasteiger partial charge in [-0.15, -0.1) is 0 Å². The minimum atomic E-state index is -4.96. The van der Waals surface area contributed by atoms with Crippen molar-refractivity contribution < 1.29 is 36.5 Å². The van der Waals surface area contributed by atoms with Crippen LogP contribution in [0, 0.1) is 0 Å². The number of hydrogen-bond donors (Lipinski definition) is 0. The Balaban J connectivity index is 1.67. The summed E-state index contributed by atoms with van der Waals surface area (Å²) in [6.45, 7) is 0.157. The van der Waals surface area contributed by atoms with Gasteiger partial charge in [0.2, 0.25) is 11.2 Å². The van der Waals surface area contributed by atoms with Gasteiger partial charge in [-0.2, -0.15) is 13.2 Å². The highest BCUT2D eigenvalue weighted by molar-refractivity contribution is 5.79. The van der Waals surface area contributed by atoms with E-state index in [2.05, 4.69) is 0 Å². The van der Waals surface area contributed by atoms with Crippen LogP contribution in [-0.4, -0.2) is 14.2 Å². The predicted molar refractivity (Wildman–Crippen MR) is 118 cm³/mol. The van der Waals surface area contributed by atoms with E-state index in [0.717, 1.165) is 5.56 Å². The summed E-state index contributed by atoms with van der Waals surface area (Å²) in [5.74, 6) is -1.05. The van der Waals surface area contributed by atoms with Gasteiger partial charge in [0.25, 0.3) is 5.76 Å². The first-order valence-electron chi connectivity index (χ1n) is 10.0. The molecule has 0 saturated carbocycles. The Hall–Kier alpha value is -4.14. The van der Waals surface area contributed by atoms with Crippen molar-refractivity contribution in [1.82, 2.24) is 0 Å². The van der Waals surface area contributed by atoms with Gasteiger partial charge in [0.1, 0.15) is 35.2 Å². The van der Waals surface area contributed by atoms with Crippen molar-refractivity contribution in [3.05, 3.63) is 88.3 Å². The highest BCUT2D eigenvalue weighted by atomic mass is 19.4. The molecule has 4 rings (SSSR count). The van der Waals surface area contributed by atoms with Crippen LogP contribution in [0.2, 0.25) is 0 Å². The Morgan fingerprint density at radius 3 is 1.94 bits per heavy atom. The molecule has 0 aliphatic rings. The maximum atomic E-state index is 13.7. The normalized spacial score (nSPS) is 11.3. The maximum Gasteiger partial charge on any atom is 0.453 e. The van der Waals surface area contributed by atoms with Gasteiger partial charge in [-0.1, -0.05) is 12.1 Å². The van der Waals surface area contributed by atoms with E-state index in [1.54, 1.807) is 31.4 Å². The van der Waals surface area contributed by atoms with Crippen molar-refractivity contribution in [3.8, 4) is 28.7 Å². The van der Waals surface area contributed by atoms with Gasteiger partial charge in [0.05, 0.1) is 19.6 Å². The standard InChI is InChI=1S/C25H19F3O6/c1-30-16-5-3-15(4-6-16)14-32-19-11-12-20-21(13-19)34-24(25(26,27)28)23(22(20)29)33-18-9-7-17(31-2)8-10-18/h3-13H,14H2,1-2H3. The van der Waals surface area contributed by atoms with Crippen molar-refractivity contribution in [2.75, 3.05) is 14.2 Å². The summed E-state index contributed by atoms with van der Waals surface area (Å²) in [7, 11) is 3.00. The lowest BCUT2D eigenvalue weighted by atomic mass is 10.2. The molecule has 0 radical (unpaired) electrons. The van der Waals surface area contributed by atoms with Crippen molar-refractivity contribution in [1.29, 1.82) is 0 Å². The average molecular weight is 472 g/mol. The van der Waals surface area contributed by atoms with Gasteiger partial charge in [0.15, 0.2) is 0 Å². The summed E-state index contributed by atoms with van der Waals surface area (Å²) in [5, 5.41) is -0.0756. The summed E-state index contributed by atoms with van der Waals surface area (Å²) in [4.78, 5) is 12.9. The minimum Gasteiger partial charge on any atom is -0.497 e. The fraction of sp³-hybridized carbons (Fsp3) is 0.160. The van der Waals surface area contributed by atoms with Crippen LogP contribution in [0.5, 0.6) is 28.7 Å². The topological polar surface area (TPSA) is 67.1 Å². The molecule has 1 aromatic heterocycles. The van der Waals surface area contributed by atoms with E-state index in [0.29, 0.717) is 11.5 Å². The lowest BCUT2D eigenvalue weighted by molar-refractivity contribution is -0.154. The number of halogens is 3. The molecule has 0 unspecified atom stereocenters. The summed E-state index contributed by atoms with van der Waals surface area (Å²) in [6, 6.07) is 16.9. The lowest BCUT2D eigenvalue weighted by Crippen LogP contribution is -2.15. The molecule has 0 atom stereocenters. The van der Waals surface area contributed by atoms with E-state index in [-0.39, 0.29) is 29.1 Å². The van der Waals surface area contributed by atoms with Crippen LogP contribution >= 0.6 is 0 Å². The van der Waals surface area contributed by atoms with E-state index >= 15 is 0 Å². The number of ether oxygens (including phenoxy) is 4. The van der Waals surface area contributed by atoms with Gasteiger partial charge < -0.3 is 23.4 Å². The molecule has 0 fully saturated rings. The number of hydrogen-bond acceptors (Lipinski definition) is 6. The fourth-order valence-corrected chi connectivity index (χ4v) is 3.18. The first-order chi connectivity index (χ1) is 16.3. The van der Waals surface area contributed by atoms with Crippen molar-refractivity contribution in [2.24, 2.45) is 0 Å². The third-order valence-corrected chi connectivity index (χ3v) is 4.92. The molecule has 176 valence electrons. The Morgan fingerprint density at radius 2 is 1.35 bits per heavy atom. The largest absolute Gasteiger partial charge is 0.497 e. The molecule has 0 spiro atoms. The van der Waals surface area contributed by atoms with Gasteiger partial charge in [-0.05, 0) is 54.1 Å². The molecule has 0 aliphatic carbocycles. The van der Waals surface area contributed by atoms with Crippen LogP contribution in [0.1, 0.15) is 11.3 Å². The molecule has 0 bridgehead atoms. The highest BCUT2D eigenvalue weighted by Gasteiger charge is 2.40. The van der Waals surface area contributed by atoms with Crippen molar-refractivity contribution in [3.63, 3.8) is 0 Å². The summed E-state index contributed by atoms with van der Waals surface area (Å²) in [6.07, 6.45) is -4.96. The molecule has 34 heavy (non-hydrogen) atoms. The molecule has 9 heteroatoms. The molecule has 4 aromatic rings. The summed E-state index contributed by atoms with van der Waals surface area (Å²) in [5.41, 5.74) is -0.403. The second-order valence-electron chi connectivity index (χ2n) is 7.16. The third kappa shape index (κ3) is 4.93. The predicted octanol–water partition coefficient (Wildman–Crippen LogP) is 6.20. The zero-order chi connectivity index (χ0) is 24.3. The fourth-order valence-electron chi connectivity index (χ4n) is 3.18. The molecule has 0 saturated heterocycles. The van der Waals surface area contributed by atoms with E-state index in [9.17, 15) is 18.0 Å². The third-order valence-electron chi connectivity index (χ3n) is 4.92. The average Bonchev–Trinajstić information content (AvgIpc) is 2.84. The molecule has 6 nitrogen and oxygen atoms in total. The monoisotopic (exact) mass is 472 g/mol. The van der Waals surface area contributed by atoms with Crippen LogP contribution in [0.25, 0.3) is 11.0 Å². The molecule has 0 aliphatic heterocycles. The first-order valence-corrected chi connectivity index (χ1v) is 10.0. The highest BCUT2D eigenvalue weighted by Crippen LogP contribution is 2.39. The van der Waals surface area contributed by atoms with Crippen molar-refractivity contribution in [2.45, 2.75) is 12.8 Å². The van der Waals surface area contributed by atoms with Crippen molar-refractivity contribution >= 4 is 11.0 Å². The van der Waals surface area contributed by atoms with Crippen LogP contribution in [0.15, 0.2) is 75.9 Å². The Labute approximate surface area is 192 Å². The molecule has 0 amide bonds. The van der Waals surface area contributed by atoms with E-state index in [1.807, 2.05) is 0 Å². The SMILES string of the molecule is COc1ccc(COc2ccc3c(=O)c(Oc4ccc(OC)cc4)c(C(F)(F)F)oc3c2)cc1. The Morgan fingerprint density at radius 1 is 0.794 bits per heavy atom. The van der Waals surface area contributed by atoms with Gasteiger partial charge in [-0.3, -0.25) is 4.79 Å². The molecular weight excluding hydrogens is 453 g/mol. The number of methoxy groups -OCH3 is 2. The number of fused-ring (bicyclic) bond motifs is 1. The van der Waals surface area contributed by atoms with E-state index in [1.165, 1.54) is 49.6 Å². The van der Waals surface area contributed by atoms with Gasteiger partial charge in [0, 0.05) is 6.07 Å². The number of benzene rings is 3. The van der Waals surface area contributed by atoms with E-state index < -0.39 is 23.1 Å². The quantitative estimate of drug-likeness (QED) is 0.319. The molecule has 0 N–H and O–H groups in total. The van der Waals surface area contributed by atoms with Crippen LogP contribution in [0.3, 0.4) is 0 Å². The molecule has 3 aromatic carbocycles. The van der Waals surface area contributed by atoms with Crippen LogP contribution < -0.4 is 24.4 Å². The summed E-state index contributed by atoms with van der Waals surface area (Å²) < 4.78 is 67.4. The smallest absolute Gasteiger partial charge is 0.453 e. The van der Waals surface area contributed by atoms with Crippen LogP contribution in [0.4, 0.5) is 13.2 Å². The Kier molecular flexibility index (Phi) is 6.36. The zero-order valence-corrected chi connectivity index (χ0v) is 18.1. The number of rotatable bonds is 7. The first kappa shape index (κ1) is 23.0. The zero-order valence-electron chi connectivity index (χ0n) is 18.1.